The van der Waals surface area contributed by atoms with Crippen LogP contribution in [0.2, 0.25) is 0 Å². The lowest BCUT2D eigenvalue weighted by molar-refractivity contribution is -0.132. The van der Waals surface area contributed by atoms with E-state index >= 15 is 0 Å². The van der Waals surface area contributed by atoms with Gasteiger partial charge in [0.05, 0.1) is 6.04 Å². The summed E-state index contributed by atoms with van der Waals surface area (Å²) in [6.07, 6.45) is 5.21. The molecule has 3 aromatic carbocycles. The van der Waals surface area contributed by atoms with Crippen LogP contribution in [-0.4, -0.2) is 46.9 Å². The van der Waals surface area contributed by atoms with E-state index < -0.39 is 0 Å². The maximum atomic E-state index is 13.6. The molecule has 4 heteroatoms. The van der Waals surface area contributed by atoms with Crippen molar-refractivity contribution in [2.45, 2.75) is 30.8 Å². The van der Waals surface area contributed by atoms with Crippen molar-refractivity contribution in [1.82, 2.24) is 14.8 Å². The number of amides is 1. The topological polar surface area (TPSA) is 36.4 Å². The number of hydrogen-bond donors (Lipinski definition) is 0. The van der Waals surface area contributed by atoms with Gasteiger partial charge in [-0.25, -0.2) is 0 Å². The van der Waals surface area contributed by atoms with Crippen molar-refractivity contribution in [2.24, 2.45) is 0 Å². The summed E-state index contributed by atoms with van der Waals surface area (Å²) in [5.74, 6) is 0.240. The second kappa shape index (κ2) is 11.3. The number of aromatic nitrogens is 1. The number of rotatable bonds is 8. The fourth-order valence-corrected chi connectivity index (χ4v) is 5.43. The Morgan fingerprint density at radius 2 is 1.39 bits per heavy atom. The van der Waals surface area contributed by atoms with E-state index in [1.54, 1.807) is 0 Å². The Kier molecular flexibility index (Phi) is 7.53. The molecule has 4 aromatic rings. The first-order chi connectivity index (χ1) is 17.7. The minimum Gasteiger partial charge on any atom is -0.341 e. The quantitative estimate of drug-likeness (QED) is 0.317. The summed E-state index contributed by atoms with van der Waals surface area (Å²) in [7, 11) is 1.98. The average Bonchev–Trinajstić information content (AvgIpc) is 3.43. The first-order valence-corrected chi connectivity index (χ1v) is 12.7. The van der Waals surface area contributed by atoms with Crippen LogP contribution in [0.3, 0.4) is 0 Å². The summed E-state index contributed by atoms with van der Waals surface area (Å²) in [5.41, 5.74) is 4.80. The largest absolute Gasteiger partial charge is 0.341 e. The minimum atomic E-state index is 0.0484. The summed E-state index contributed by atoms with van der Waals surface area (Å²) in [4.78, 5) is 22.5. The number of hydrogen-bond acceptors (Lipinski definition) is 3. The standard InChI is InChI=1S/C32H33N3O/c1-34(31(36)22-30(25-12-5-2-6-13-25)26-14-7-3-8-15-26)29-19-21-35(24-29)32(27-16-9-4-10-17-27)28-18-11-20-33-23-28/h2-18,20,23,29-30,32H,19,21-22,24H2,1H3. The summed E-state index contributed by atoms with van der Waals surface area (Å²) < 4.78 is 0. The lowest BCUT2D eigenvalue weighted by atomic mass is 9.88. The number of nitrogens with zero attached hydrogens (tertiary/aromatic N) is 3. The second-order valence-electron chi connectivity index (χ2n) is 9.62. The molecule has 4 nitrogen and oxygen atoms in total. The van der Waals surface area contributed by atoms with Gasteiger partial charge in [-0.15, -0.1) is 0 Å². The van der Waals surface area contributed by atoms with Gasteiger partial charge in [-0.3, -0.25) is 14.7 Å². The van der Waals surface area contributed by atoms with Gasteiger partial charge in [0.25, 0.3) is 0 Å². The first-order valence-electron chi connectivity index (χ1n) is 12.7. The third kappa shape index (κ3) is 5.39. The SMILES string of the molecule is CN(C(=O)CC(c1ccccc1)c1ccccc1)C1CCN(C(c2ccccc2)c2cccnc2)C1. The molecule has 0 aliphatic carbocycles. The van der Waals surface area contributed by atoms with Gasteiger partial charge in [-0.1, -0.05) is 97.1 Å². The van der Waals surface area contributed by atoms with Gasteiger partial charge in [0.1, 0.15) is 0 Å². The number of pyridine rings is 1. The van der Waals surface area contributed by atoms with Crippen LogP contribution in [0.15, 0.2) is 116 Å². The van der Waals surface area contributed by atoms with Crippen molar-refractivity contribution in [3.8, 4) is 0 Å². The highest BCUT2D eigenvalue weighted by atomic mass is 16.2. The van der Waals surface area contributed by atoms with Gasteiger partial charge >= 0.3 is 0 Å². The molecule has 0 N–H and O–H groups in total. The predicted molar refractivity (Wildman–Crippen MR) is 145 cm³/mol. The second-order valence-corrected chi connectivity index (χ2v) is 9.62. The van der Waals surface area contributed by atoms with Crippen LogP contribution in [-0.2, 0) is 4.79 Å². The zero-order valence-electron chi connectivity index (χ0n) is 20.8. The molecular weight excluding hydrogens is 442 g/mol. The van der Waals surface area contributed by atoms with E-state index in [0.717, 1.165) is 19.5 Å². The monoisotopic (exact) mass is 475 g/mol. The van der Waals surface area contributed by atoms with Gasteiger partial charge in [0, 0.05) is 50.9 Å². The Bertz CT molecular complexity index is 1150. The lowest BCUT2D eigenvalue weighted by Gasteiger charge is -2.31. The van der Waals surface area contributed by atoms with E-state index in [0.29, 0.717) is 6.42 Å². The van der Waals surface area contributed by atoms with Crippen LogP contribution in [0.25, 0.3) is 0 Å². The molecule has 1 fully saturated rings. The number of likely N-dealkylation sites (N-methyl/N-ethyl adjacent to an activating group) is 1. The van der Waals surface area contributed by atoms with Crippen molar-refractivity contribution in [1.29, 1.82) is 0 Å². The molecule has 1 aromatic heterocycles. The van der Waals surface area contributed by atoms with Gasteiger partial charge in [0.15, 0.2) is 0 Å². The van der Waals surface area contributed by atoms with Gasteiger partial charge in [-0.2, -0.15) is 0 Å². The van der Waals surface area contributed by atoms with Gasteiger partial charge in [0.2, 0.25) is 5.91 Å². The summed E-state index contributed by atoms with van der Waals surface area (Å²) in [6, 6.07) is 35.8. The number of likely N-dealkylation sites (tertiary alicyclic amines) is 1. The molecule has 0 saturated carbocycles. The van der Waals surface area contributed by atoms with Crippen LogP contribution in [0.1, 0.15) is 47.1 Å². The Hall–Kier alpha value is -3.76. The van der Waals surface area contributed by atoms with Crippen LogP contribution >= 0.6 is 0 Å². The molecule has 2 atom stereocenters. The van der Waals surface area contributed by atoms with Crippen molar-refractivity contribution in [2.75, 3.05) is 20.1 Å². The van der Waals surface area contributed by atoms with E-state index in [2.05, 4.69) is 94.8 Å². The Morgan fingerprint density at radius 3 is 1.94 bits per heavy atom. The summed E-state index contributed by atoms with van der Waals surface area (Å²) >= 11 is 0. The van der Waals surface area contributed by atoms with Crippen LogP contribution in [0.5, 0.6) is 0 Å². The average molecular weight is 476 g/mol. The third-order valence-electron chi connectivity index (χ3n) is 7.40. The first kappa shape index (κ1) is 24.0. The highest BCUT2D eigenvalue weighted by molar-refractivity contribution is 5.78. The van der Waals surface area contributed by atoms with E-state index in [1.165, 1.54) is 22.3 Å². The normalized spacial score (nSPS) is 16.7. The third-order valence-corrected chi connectivity index (χ3v) is 7.40. The number of carbonyl (C=O) groups excluding carboxylic acids is 1. The molecule has 1 aliphatic heterocycles. The van der Waals surface area contributed by atoms with Crippen molar-refractivity contribution < 1.29 is 4.79 Å². The fraction of sp³-hybridized carbons (Fsp3) is 0.250. The fourth-order valence-electron chi connectivity index (χ4n) is 5.43. The summed E-state index contributed by atoms with van der Waals surface area (Å²) in [5, 5.41) is 0. The zero-order valence-corrected chi connectivity index (χ0v) is 20.8. The van der Waals surface area contributed by atoms with E-state index in [4.69, 9.17) is 0 Å². The van der Waals surface area contributed by atoms with E-state index in [9.17, 15) is 4.79 Å². The lowest BCUT2D eigenvalue weighted by Crippen LogP contribution is -2.40. The smallest absolute Gasteiger partial charge is 0.223 e. The molecule has 36 heavy (non-hydrogen) atoms. The molecule has 1 amide bonds. The molecule has 1 aliphatic rings. The molecule has 1 saturated heterocycles. The van der Waals surface area contributed by atoms with Gasteiger partial charge < -0.3 is 4.90 Å². The van der Waals surface area contributed by atoms with Crippen LogP contribution in [0.4, 0.5) is 0 Å². The highest BCUT2D eigenvalue weighted by Crippen LogP contribution is 2.33. The maximum Gasteiger partial charge on any atom is 0.223 e. The molecule has 2 unspecified atom stereocenters. The minimum absolute atomic E-state index is 0.0484. The summed E-state index contributed by atoms with van der Waals surface area (Å²) in [6.45, 7) is 1.79. The Balaban J connectivity index is 1.32. The molecule has 0 spiro atoms. The van der Waals surface area contributed by atoms with Gasteiger partial charge in [-0.05, 0) is 34.7 Å². The van der Waals surface area contributed by atoms with Crippen molar-refractivity contribution in [3.05, 3.63) is 138 Å². The van der Waals surface area contributed by atoms with Crippen LogP contribution < -0.4 is 0 Å². The van der Waals surface area contributed by atoms with Crippen molar-refractivity contribution >= 4 is 5.91 Å². The van der Waals surface area contributed by atoms with E-state index in [-0.39, 0.29) is 23.9 Å². The highest BCUT2D eigenvalue weighted by Gasteiger charge is 2.34. The van der Waals surface area contributed by atoms with E-state index in [1.807, 2.05) is 42.5 Å². The molecular formula is C32H33N3O. The van der Waals surface area contributed by atoms with Crippen LogP contribution in [0, 0.1) is 0 Å². The molecule has 0 bridgehead atoms. The molecule has 5 rings (SSSR count). The Labute approximate surface area is 214 Å². The maximum absolute atomic E-state index is 13.6. The molecule has 0 radical (unpaired) electrons. The number of carbonyl (C=O) groups is 1. The van der Waals surface area contributed by atoms with Crippen molar-refractivity contribution in [3.63, 3.8) is 0 Å². The molecule has 2 heterocycles. The zero-order chi connectivity index (χ0) is 24.7. The number of benzene rings is 3. The predicted octanol–water partition coefficient (Wildman–Crippen LogP) is 5.93. The Morgan fingerprint density at radius 1 is 0.833 bits per heavy atom. The molecule has 182 valence electrons.